The van der Waals surface area contributed by atoms with E-state index in [0.29, 0.717) is 35.0 Å². The van der Waals surface area contributed by atoms with Gasteiger partial charge in [0.1, 0.15) is 0 Å². The Kier molecular flexibility index (Phi) is 3.77. The molecule has 0 spiro atoms. The molecule has 2 aromatic heterocycles. The van der Waals surface area contributed by atoms with E-state index in [2.05, 4.69) is 10.1 Å². The minimum atomic E-state index is -0.105. The van der Waals surface area contributed by atoms with Crippen LogP contribution in [-0.2, 0) is 17.8 Å². The fourth-order valence-corrected chi connectivity index (χ4v) is 2.41. The highest BCUT2D eigenvalue weighted by Crippen LogP contribution is 2.14. The summed E-state index contributed by atoms with van der Waals surface area (Å²) in [6.07, 6.45) is 2.18. The smallest absolute Gasteiger partial charge is 0.276 e. The fourth-order valence-electron chi connectivity index (χ4n) is 2.28. The van der Waals surface area contributed by atoms with Crippen LogP contribution in [0.1, 0.15) is 16.8 Å². The highest BCUT2D eigenvalue weighted by atomic mass is 35.5. The van der Waals surface area contributed by atoms with Gasteiger partial charge in [0, 0.05) is 36.4 Å². The number of aromatic amines is 1. The largest absolute Gasteiger partial charge is 0.378 e. The highest BCUT2D eigenvalue weighted by molar-refractivity contribution is 6.30. The van der Waals surface area contributed by atoms with Gasteiger partial charge in [-0.1, -0.05) is 23.7 Å². The Morgan fingerprint density at radius 1 is 1.29 bits per heavy atom. The van der Waals surface area contributed by atoms with Gasteiger partial charge in [0.05, 0.1) is 12.3 Å². The molecule has 3 aromatic rings. The lowest BCUT2D eigenvalue weighted by atomic mass is 10.0. The van der Waals surface area contributed by atoms with Crippen LogP contribution in [0.3, 0.4) is 0 Å². The molecule has 0 fully saturated rings. The van der Waals surface area contributed by atoms with E-state index in [9.17, 15) is 4.79 Å². The number of H-pyrrole nitrogens is 1. The van der Waals surface area contributed by atoms with Crippen LogP contribution in [0, 0.1) is 0 Å². The zero-order valence-electron chi connectivity index (χ0n) is 11.5. The number of methoxy groups -OCH3 is 1. The SMILES string of the molecule is COCc1nc2cc[nH]n2c(=O)c1Cc1ccc(Cl)cc1. The summed E-state index contributed by atoms with van der Waals surface area (Å²) in [5, 5.41) is 3.54. The lowest BCUT2D eigenvalue weighted by Gasteiger charge is -2.08. The summed E-state index contributed by atoms with van der Waals surface area (Å²) in [5.74, 6) is 0. The predicted molar refractivity (Wildman–Crippen MR) is 80.8 cm³/mol. The van der Waals surface area contributed by atoms with Gasteiger partial charge in [-0.2, -0.15) is 0 Å². The third-order valence-corrected chi connectivity index (χ3v) is 3.55. The standard InChI is InChI=1S/C15H14ClN3O2/c1-21-9-13-12(8-10-2-4-11(16)5-3-10)15(20)19-14(18-13)6-7-17-19/h2-7,17H,8-9H2,1H3. The van der Waals surface area contributed by atoms with E-state index in [1.807, 2.05) is 24.3 Å². The van der Waals surface area contributed by atoms with E-state index >= 15 is 0 Å². The Hall–Kier alpha value is -2.11. The summed E-state index contributed by atoms with van der Waals surface area (Å²) in [5.41, 5.74) is 2.78. The topological polar surface area (TPSA) is 59.4 Å². The average molecular weight is 304 g/mol. The molecule has 1 aromatic carbocycles. The summed E-state index contributed by atoms with van der Waals surface area (Å²) in [4.78, 5) is 17.0. The molecule has 2 heterocycles. The lowest BCUT2D eigenvalue weighted by molar-refractivity contribution is 0.180. The average Bonchev–Trinajstić information content (AvgIpc) is 2.94. The number of fused-ring (bicyclic) bond motifs is 1. The van der Waals surface area contributed by atoms with E-state index < -0.39 is 0 Å². The Bertz CT molecular complexity index is 821. The number of ether oxygens (including phenoxy) is 1. The molecular weight excluding hydrogens is 290 g/mol. The van der Waals surface area contributed by atoms with Crippen molar-refractivity contribution in [3.63, 3.8) is 0 Å². The number of aromatic nitrogens is 3. The Morgan fingerprint density at radius 2 is 2.05 bits per heavy atom. The highest BCUT2D eigenvalue weighted by Gasteiger charge is 2.13. The predicted octanol–water partition coefficient (Wildman–Crippen LogP) is 2.41. The van der Waals surface area contributed by atoms with Crippen LogP contribution < -0.4 is 5.56 Å². The summed E-state index contributed by atoms with van der Waals surface area (Å²) in [6.45, 7) is 0.305. The van der Waals surface area contributed by atoms with Crippen LogP contribution in [0.2, 0.25) is 5.02 Å². The third-order valence-electron chi connectivity index (χ3n) is 3.30. The van der Waals surface area contributed by atoms with Crippen molar-refractivity contribution in [3.05, 3.63) is 68.7 Å². The number of hydrogen-bond donors (Lipinski definition) is 1. The van der Waals surface area contributed by atoms with Crippen molar-refractivity contribution in [2.75, 3.05) is 7.11 Å². The van der Waals surface area contributed by atoms with Crippen molar-refractivity contribution in [3.8, 4) is 0 Å². The van der Waals surface area contributed by atoms with Gasteiger partial charge in [-0.25, -0.2) is 9.50 Å². The fraction of sp³-hybridized carbons (Fsp3) is 0.200. The van der Waals surface area contributed by atoms with Crippen molar-refractivity contribution in [1.29, 1.82) is 0 Å². The van der Waals surface area contributed by atoms with Crippen LogP contribution in [0.15, 0.2) is 41.3 Å². The third kappa shape index (κ3) is 2.70. The Labute approximate surface area is 126 Å². The van der Waals surface area contributed by atoms with Crippen LogP contribution in [0.25, 0.3) is 5.65 Å². The molecule has 108 valence electrons. The van der Waals surface area contributed by atoms with Crippen LogP contribution >= 0.6 is 11.6 Å². The summed E-state index contributed by atoms with van der Waals surface area (Å²) in [7, 11) is 1.59. The zero-order valence-corrected chi connectivity index (χ0v) is 12.2. The number of nitrogens with zero attached hydrogens (tertiary/aromatic N) is 2. The number of hydrogen-bond acceptors (Lipinski definition) is 3. The molecule has 0 aliphatic carbocycles. The number of nitrogens with one attached hydrogen (secondary N) is 1. The lowest BCUT2D eigenvalue weighted by Crippen LogP contribution is -2.23. The van der Waals surface area contributed by atoms with E-state index in [1.54, 1.807) is 19.4 Å². The molecule has 0 unspecified atom stereocenters. The first-order valence-corrected chi connectivity index (χ1v) is 6.88. The first kappa shape index (κ1) is 13.9. The first-order valence-electron chi connectivity index (χ1n) is 6.50. The van der Waals surface area contributed by atoms with Crippen molar-refractivity contribution in [2.45, 2.75) is 13.0 Å². The van der Waals surface area contributed by atoms with Gasteiger partial charge in [0.15, 0.2) is 5.65 Å². The van der Waals surface area contributed by atoms with Crippen molar-refractivity contribution >= 4 is 17.2 Å². The maximum Gasteiger partial charge on any atom is 0.276 e. The molecular formula is C15H14ClN3O2. The summed E-state index contributed by atoms with van der Waals surface area (Å²) < 4.78 is 6.60. The van der Waals surface area contributed by atoms with Crippen LogP contribution in [0.5, 0.6) is 0 Å². The van der Waals surface area contributed by atoms with Gasteiger partial charge < -0.3 is 4.74 Å². The molecule has 0 atom stereocenters. The second-order valence-corrected chi connectivity index (χ2v) is 5.17. The first-order chi connectivity index (χ1) is 10.2. The van der Waals surface area contributed by atoms with Crippen LogP contribution in [-0.4, -0.2) is 21.7 Å². The molecule has 0 aliphatic rings. The number of benzene rings is 1. The minimum absolute atomic E-state index is 0.105. The molecule has 0 bridgehead atoms. The molecule has 0 aliphatic heterocycles. The molecule has 0 amide bonds. The molecule has 0 saturated carbocycles. The molecule has 0 saturated heterocycles. The quantitative estimate of drug-likeness (QED) is 0.805. The molecule has 0 radical (unpaired) electrons. The summed E-state index contributed by atoms with van der Waals surface area (Å²) in [6, 6.07) is 9.19. The normalized spacial score (nSPS) is 11.1. The Morgan fingerprint density at radius 3 is 2.76 bits per heavy atom. The maximum absolute atomic E-state index is 12.6. The molecule has 3 rings (SSSR count). The Balaban J connectivity index is 2.10. The second-order valence-electron chi connectivity index (χ2n) is 4.73. The number of halogens is 1. The van der Waals surface area contributed by atoms with Gasteiger partial charge >= 0.3 is 0 Å². The van der Waals surface area contributed by atoms with Gasteiger partial charge in [-0.3, -0.25) is 9.89 Å². The zero-order chi connectivity index (χ0) is 14.8. The van der Waals surface area contributed by atoms with Crippen LogP contribution in [0.4, 0.5) is 0 Å². The van der Waals surface area contributed by atoms with Crippen molar-refractivity contribution < 1.29 is 4.74 Å². The van der Waals surface area contributed by atoms with Gasteiger partial charge in [-0.15, -0.1) is 0 Å². The van der Waals surface area contributed by atoms with Gasteiger partial charge in [-0.05, 0) is 17.7 Å². The van der Waals surface area contributed by atoms with E-state index in [4.69, 9.17) is 16.3 Å². The monoisotopic (exact) mass is 303 g/mol. The van der Waals surface area contributed by atoms with E-state index in [0.717, 1.165) is 5.56 Å². The van der Waals surface area contributed by atoms with E-state index in [-0.39, 0.29) is 5.56 Å². The van der Waals surface area contributed by atoms with Crippen molar-refractivity contribution in [1.82, 2.24) is 14.6 Å². The molecule has 5 nitrogen and oxygen atoms in total. The summed E-state index contributed by atoms with van der Waals surface area (Å²) >= 11 is 5.89. The van der Waals surface area contributed by atoms with Gasteiger partial charge in [0.25, 0.3) is 5.56 Å². The molecule has 21 heavy (non-hydrogen) atoms. The van der Waals surface area contributed by atoms with E-state index in [1.165, 1.54) is 4.52 Å². The molecule has 6 heteroatoms. The maximum atomic E-state index is 12.6. The number of rotatable bonds is 4. The van der Waals surface area contributed by atoms with Gasteiger partial charge in [0.2, 0.25) is 0 Å². The minimum Gasteiger partial charge on any atom is -0.378 e. The molecule has 1 N–H and O–H groups in total. The van der Waals surface area contributed by atoms with Crippen molar-refractivity contribution in [2.24, 2.45) is 0 Å². The second kappa shape index (κ2) is 5.71.